The first-order valence-corrected chi connectivity index (χ1v) is 10.1. The number of benzene rings is 3. The van der Waals surface area contributed by atoms with E-state index in [9.17, 15) is 4.79 Å². The molecule has 5 heteroatoms. The van der Waals surface area contributed by atoms with E-state index in [1.165, 1.54) is 10.9 Å². The first-order chi connectivity index (χ1) is 14.2. The summed E-state index contributed by atoms with van der Waals surface area (Å²) < 4.78 is 5.23. The van der Waals surface area contributed by atoms with Gasteiger partial charge in [0.05, 0.1) is 7.11 Å². The summed E-state index contributed by atoms with van der Waals surface area (Å²) in [6.45, 7) is 4.27. The molecule has 4 rings (SSSR count). The molecule has 1 saturated heterocycles. The third-order valence-electron chi connectivity index (χ3n) is 5.44. The molecule has 0 saturated carbocycles. The largest absolute Gasteiger partial charge is 0.497 e. The van der Waals surface area contributed by atoms with Gasteiger partial charge in [-0.3, -0.25) is 4.90 Å². The number of fused-ring (bicyclic) bond motifs is 1. The van der Waals surface area contributed by atoms with Gasteiger partial charge in [-0.1, -0.05) is 42.5 Å². The average molecular weight is 389 g/mol. The Morgan fingerprint density at radius 1 is 0.931 bits per heavy atom. The number of ether oxygens (including phenoxy) is 1. The zero-order chi connectivity index (χ0) is 20.1. The van der Waals surface area contributed by atoms with Gasteiger partial charge < -0.3 is 15.0 Å². The maximum atomic E-state index is 12.8. The molecule has 0 atom stereocenters. The molecule has 0 bridgehead atoms. The Labute approximate surface area is 171 Å². The number of hydrogen-bond donors (Lipinski definition) is 1. The number of nitrogens with zero attached hydrogens (tertiary/aromatic N) is 2. The fraction of sp³-hybridized carbons (Fsp3) is 0.292. The predicted octanol–water partition coefficient (Wildman–Crippen LogP) is 4.59. The molecular weight excluding hydrogens is 362 g/mol. The lowest BCUT2D eigenvalue weighted by molar-refractivity contribution is 0.211. The molecule has 3 aromatic carbocycles. The molecule has 29 heavy (non-hydrogen) atoms. The van der Waals surface area contributed by atoms with Gasteiger partial charge in [0.2, 0.25) is 0 Å². The standard InChI is InChI=1S/C24H27N3O2/c1-29-23-11-7-19(8-12-23)18-26-13-4-14-27(16-15-26)24(28)25-22-10-9-20-5-2-3-6-21(20)17-22/h2-3,5-12,17H,4,13-16,18H2,1H3,(H,25,28). The third-order valence-corrected chi connectivity index (χ3v) is 5.44. The van der Waals surface area contributed by atoms with Crippen molar-refractivity contribution in [1.82, 2.24) is 9.80 Å². The molecule has 1 aliphatic heterocycles. The monoisotopic (exact) mass is 389 g/mol. The van der Waals surface area contributed by atoms with E-state index in [0.29, 0.717) is 0 Å². The van der Waals surface area contributed by atoms with Crippen LogP contribution in [0.25, 0.3) is 10.8 Å². The topological polar surface area (TPSA) is 44.8 Å². The van der Waals surface area contributed by atoms with Crippen LogP contribution >= 0.6 is 0 Å². The average Bonchev–Trinajstić information content (AvgIpc) is 3.00. The van der Waals surface area contributed by atoms with E-state index in [-0.39, 0.29) is 6.03 Å². The number of amides is 2. The smallest absolute Gasteiger partial charge is 0.321 e. The Morgan fingerprint density at radius 3 is 2.52 bits per heavy atom. The van der Waals surface area contributed by atoms with E-state index >= 15 is 0 Å². The molecule has 0 aromatic heterocycles. The fourth-order valence-electron chi connectivity index (χ4n) is 3.79. The van der Waals surface area contributed by atoms with Gasteiger partial charge in [0, 0.05) is 38.4 Å². The molecule has 150 valence electrons. The summed E-state index contributed by atoms with van der Waals surface area (Å²) in [5.41, 5.74) is 2.10. The van der Waals surface area contributed by atoms with Crippen LogP contribution in [0.3, 0.4) is 0 Å². The molecule has 2 amide bonds. The zero-order valence-corrected chi connectivity index (χ0v) is 16.8. The fourth-order valence-corrected chi connectivity index (χ4v) is 3.79. The lowest BCUT2D eigenvalue weighted by Gasteiger charge is -2.22. The van der Waals surface area contributed by atoms with Crippen LogP contribution in [0.4, 0.5) is 10.5 Å². The summed E-state index contributed by atoms with van der Waals surface area (Å²) >= 11 is 0. The van der Waals surface area contributed by atoms with E-state index in [0.717, 1.165) is 56.0 Å². The van der Waals surface area contributed by atoms with Gasteiger partial charge in [0.1, 0.15) is 5.75 Å². The highest BCUT2D eigenvalue weighted by Gasteiger charge is 2.19. The molecule has 0 radical (unpaired) electrons. The summed E-state index contributed by atoms with van der Waals surface area (Å²) in [7, 11) is 1.68. The number of nitrogens with one attached hydrogen (secondary N) is 1. The Bertz CT molecular complexity index is 971. The minimum atomic E-state index is -0.0217. The minimum Gasteiger partial charge on any atom is -0.497 e. The van der Waals surface area contributed by atoms with Crippen molar-refractivity contribution in [2.75, 3.05) is 38.6 Å². The Kier molecular flexibility index (Phi) is 5.96. The highest BCUT2D eigenvalue weighted by molar-refractivity contribution is 5.93. The van der Waals surface area contributed by atoms with Gasteiger partial charge in [-0.25, -0.2) is 4.79 Å². The third kappa shape index (κ3) is 4.87. The summed E-state index contributed by atoms with van der Waals surface area (Å²) in [5, 5.41) is 5.37. The van der Waals surface area contributed by atoms with Gasteiger partial charge in [0.15, 0.2) is 0 Å². The number of rotatable bonds is 4. The number of carbonyl (C=O) groups excluding carboxylic acids is 1. The van der Waals surface area contributed by atoms with Crippen molar-refractivity contribution in [2.24, 2.45) is 0 Å². The Morgan fingerprint density at radius 2 is 1.72 bits per heavy atom. The van der Waals surface area contributed by atoms with E-state index in [2.05, 4.69) is 34.5 Å². The highest BCUT2D eigenvalue weighted by atomic mass is 16.5. The van der Waals surface area contributed by atoms with E-state index in [4.69, 9.17) is 4.74 Å². The van der Waals surface area contributed by atoms with Gasteiger partial charge >= 0.3 is 6.03 Å². The molecule has 3 aromatic rings. The van der Waals surface area contributed by atoms with Gasteiger partial charge in [-0.2, -0.15) is 0 Å². The molecule has 0 aliphatic carbocycles. The van der Waals surface area contributed by atoms with Crippen LogP contribution in [0.1, 0.15) is 12.0 Å². The van der Waals surface area contributed by atoms with Crippen molar-refractivity contribution in [3.63, 3.8) is 0 Å². The van der Waals surface area contributed by atoms with Crippen molar-refractivity contribution in [2.45, 2.75) is 13.0 Å². The Balaban J connectivity index is 1.33. The van der Waals surface area contributed by atoms with Crippen molar-refractivity contribution in [1.29, 1.82) is 0 Å². The molecule has 1 N–H and O–H groups in total. The first kappa shape index (κ1) is 19.3. The molecule has 0 spiro atoms. The second kappa shape index (κ2) is 8.97. The lowest BCUT2D eigenvalue weighted by Crippen LogP contribution is -2.38. The van der Waals surface area contributed by atoms with Crippen molar-refractivity contribution in [3.05, 3.63) is 72.3 Å². The van der Waals surface area contributed by atoms with Crippen LogP contribution < -0.4 is 10.1 Å². The molecular formula is C24H27N3O2. The van der Waals surface area contributed by atoms with Crippen LogP contribution in [0.5, 0.6) is 5.75 Å². The van der Waals surface area contributed by atoms with Crippen LogP contribution in [-0.4, -0.2) is 49.1 Å². The molecule has 1 aliphatic rings. The van der Waals surface area contributed by atoms with Gasteiger partial charge in [-0.05, 0) is 47.0 Å². The number of hydrogen-bond acceptors (Lipinski definition) is 3. The number of anilines is 1. The second-order valence-electron chi connectivity index (χ2n) is 7.46. The van der Waals surface area contributed by atoms with Crippen LogP contribution in [0.15, 0.2) is 66.7 Å². The molecule has 1 heterocycles. The van der Waals surface area contributed by atoms with E-state index in [1.807, 2.05) is 47.4 Å². The summed E-state index contributed by atoms with van der Waals surface area (Å²) in [5.74, 6) is 0.876. The summed E-state index contributed by atoms with van der Waals surface area (Å²) in [6, 6.07) is 22.4. The maximum absolute atomic E-state index is 12.8. The molecule has 5 nitrogen and oxygen atoms in total. The predicted molar refractivity (Wildman–Crippen MR) is 117 cm³/mol. The summed E-state index contributed by atoms with van der Waals surface area (Å²) in [4.78, 5) is 17.1. The number of urea groups is 1. The second-order valence-corrected chi connectivity index (χ2v) is 7.46. The lowest BCUT2D eigenvalue weighted by atomic mass is 10.1. The number of methoxy groups -OCH3 is 1. The van der Waals surface area contributed by atoms with Crippen molar-refractivity contribution in [3.8, 4) is 5.75 Å². The zero-order valence-electron chi connectivity index (χ0n) is 16.8. The van der Waals surface area contributed by atoms with Crippen LogP contribution in [-0.2, 0) is 6.54 Å². The highest BCUT2D eigenvalue weighted by Crippen LogP contribution is 2.20. The molecule has 1 fully saturated rings. The molecule has 0 unspecified atom stereocenters. The maximum Gasteiger partial charge on any atom is 0.321 e. The quantitative estimate of drug-likeness (QED) is 0.710. The van der Waals surface area contributed by atoms with Crippen molar-refractivity contribution >= 4 is 22.5 Å². The first-order valence-electron chi connectivity index (χ1n) is 10.1. The van der Waals surface area contributed by atoms with Gasteiger partial charge in [0.25, 0.3) is 0 Å². The number of carbonyl (C=O) groups is 1. The van der Waals surface area contributed by atoms with Crippen molar-refractivity contribution < 1.29 is 9.53 Å². The van der Waals surface area contributed by atoms with Crippen LogP contribution in [0, 0.1) is 0 Å². The van der Waals surface area contributed by atoms with Gasteiger partial charge in [-0.15, -0.1) is 0 Å². The van der Waals surface area contributed by atoms with Crippen LogP contribution in [0.2, 0.25) is 0 Å². The Hall–Kier alpha value is -3.05. The normalized spacial score (nSPS) is 15.1. The summed E-state index contributed by atoms with van der Waals surface area (Å²) in [6.07, 6.45) is 0.974. The SMILES string of the molecule is COc1ccc(CN2CCCN(C(=O)Nc3ccc4ccccc4c3)CC2)cc1. The van der Waals surface area contributed by atoms with E-state index in [1.54, 1.807) is 7.11 Å². The minimum absolute atomic E-state index is 0.0217. The van der Waals surface area contributed by atoms with E-state index < -0.39 is 0 Å².